The van der Waals surface area contributed by atoms with Crippen molar-refractivity contribution >= 4 is 12.2 Å². The lowest BCUT2D eigenvalue weighted by molar-refractivity contribution is -0.167. The highest BCUT2D eigenvalue weighted by molar-refractivity contribution is 5.84. The Balaban J connectivity index is 2.08. The zero-order valence-corrected chi connectivity index (χ0v) is 6.53. The normalized spacial score (nSPS) is 27.3. The van der Waals surface area contributed by atoms with Gasteiger partial charge in [-0.05, 0) is 5.57 Å². The molecule has 0 aromatic rings. The predicted octanol–water partition coefficient (Wildman–Crippen LogP) is 0.0479. The van der Waals surface area contributed by atoms with E-state index in [4.69, 9.17) is 4.74 Å². The standard InChI is InChI=1S/C8H9NO3/c10-2-1-6-4-9-7(11)3-8(9)12-5-6/h2,4,8H,1,3,5H2. The van der Waals surface area contributed by atoms with E-state index in [1.165, 1.54) is 0 Å². The number of fused-ring (bicyclic) bond motifs is 1. The summed E-state index contributed by atoms with van der Waals surface area (Å²) >= 11 is 0. The molecule has 0 aromatic carbocycles. The molecular weight excluding hydrogens is 158 g/mol. The quantitative estimate of drug-likeness (QED) is 0.431. The van der Waals surface area contributed by atoms with Crippen LogP contribution < -0.4 is 0 Å². The molecule has 2 heterocycles. The summed E-state index contributed by atoms with van der Waals surface area (Å²) in [5.41, 5.74) is 0.870. The minimum absolute atomic E-state index is 0.0621. The lowest BCUT2D eigenvalue weighted by Gasteiger charge is -2.41. The highest BCUT2D eigenvalue weighted by Gasteiger charge is 2.38. The first-order valence-corrected chi connectivity index (χ1v) is 3.87. The van der Waals surface area contributed by atoms with Crippen LogP contribution in [0.3, 0.4) is 0 Å². The van der Waals surface area contributed by atoms with Gasteiger partial charge >= 0.3 is 0 Å². The van der Waals surface area contributed by atoms with Crippen LogP contribution in [0.5, 0.6) is 0 Å². The van der Waals surface area contributed by atoms with Gasteiger partial charge in [0.2, 0.25) is 5.91 Å². The summed E-state index contributed by atoms with van der Waals surface area (Å²) in [6.07, 6.45) is 3.32. The van der Waals surface area contributed by atoms with Crippen LogP contribution in [-0.4, -0.2) is 29.9 Å². The van der Waals surface area contributed by atoms with Gasteiger partial charge in [0.25, 0.3) is 0 Å². The van der Waals surface area contributed by atoms with Crippen LogP contribution >= 0.6 is 0 Å². The molecule has 0 aliphatic carbocycles. The van der Waals surface area contributed by atoms with E-state index < -0.39 is 0 Å². The molecular formula is C8H9NO3. The van der Waals surface area contributed by atoms with Crippen LogP contribution in [0.4, 0.5) is 0 Å². The van der Waals surface area contributed by atoms with E-state index in [0.29, 0.717) is 19.4 Å². The molecule has 1 unspecified atom stereocenters. The van der Waals surface area contributed by atoms with Crippen LogP contribution in [-0.2, 0) is 14.3 Å². The van der Waals surface area contributed by atoms with Crippen molar-refractivity contribution in [1.82, 2.24) is 4.90 Å². The first-order valence-electron chi connectivity index (χ1n) is 3.87. The van der Waals surface area contributed by atoms with E-state index in [-0.39, 0.29) is 12.1 Å². The average Bonchev–Trinajstić information content (AvgIpc) is 2.07. The van der Waals surface area contributed by atoms with E-state index >= 15 is 0 Å². The van der Waals surface area contributed by atoms with E-state index in [2.05, 4.69) is 0 Å². The van der Waals surface area contributed by atoms with Gasteiger partial charge in [-0.1, -0.05) is 0 Å². The van der Waals surface area contributed by atoms with Crippen LogP contribution in [0.2, 0.25) is 0 Å². The molecule has 2 aliphatic rings. The molecule has 0 radical (unpaired) electrons. The Morgan fingerprint density at radius 2 is 2.58 bits per heavy atom. The zero-order valence-electron chi connectivity index (χ0n) is 6.53. The largest absolute Gasteiger partial charge is 0.353 e. The second-order valence-corrected chi connectivity index (χ2v) is 2.93. The number of hydrogen-bond acceptors (Lipinski definition) is 3. The van der Waals surface area contributed by atoms with Crippen molar-refractivity contribution in [3.8, 4) is 0 Å². The van der Waals surface area contributed by atoms with Gasteiger partial charge in [0.05, 0.1) is 13.0 Å². The zero-order chi connectivity index (χ0) is 8.55. The summed E-state index contributed by atoms with van der Waals surface area (Å²) in [5.74, 6) is 0.0723. The fraction of sp³-hybridized carbons (Fsp3) is 0.500. The first-order chi connectivity index (χ1) is 5.81. The molecule has 1 saturated heterocycles. The number of β-lactam (4-membered cyclic amide) rings is 1. The van der Waals surface area contributed by atoms with Crippen molar-refractivity contribution in [1.29, 1.82) is 0 Å². The van der Waals surface area contributed by atoms with Crippen molar-refractivity contribution in [3.63, 3.8) is 0 Å². The molecule has 1 amide bonds. The van der Waals surface area contributed by atoms with E-state index in [0.717, 1.165) is 11.9 Å². The van der Waals surface area contributed by atoms with Crippen LogP contribution in [0.25, 0.3) is 0 Å². The Kier molecular flexibility index (Phi) is 1.69. The maximum atomic E-state index is 10.9. The molecule has 4 heteroatoms. The Morgan fingerprint density at radius 1 is 1.75 bits per heavy atom. The van der Waals surface area contributed by atoms with Crippen molar-refractivity contribution in [2.24, 2.45) is 0 Å². The fourth-order valence-corrected chi connectivity index (χ4v) is 1.35. The molecule has 0 bridgehead atoms. The highest BCUT2D eigenvalue weighted by atomic mass is 16.5. The van der Waals surface area contributed by atoms with E-state index in [9.17, 15) is 9.59 Å². The monoisotopic (exact) mass is 167 g/mol. The van der Waals surface area contributed by atoms with Gasteiger partial charge in [0, 0.05) is 12.6 Å². The minimum Gasteiger partial charge on any atom is -0.353 e. The number of carbonyl (C=O) groups excluding carboxylic acids is 2. The lowest BCUT2D eigenvalue weighted by atomic mass is 10.1. The number of carbonyl (C=O) groups is 2. The van der Waals surface area contributed by atoms with Gasteiger partial charge in [-0.2, -0.15) is 0 Å². The maximum Gasteiger partial charge on any atom is 0.233 e. The molecule has 4 nitrogen and oxygen atoms in total. The summed E-state index contributed by atoms with van der Waals surface area (Å²) in [5, 5.41) is 0. The average molecular weight is 167 g/mol. The topological polar surface area (TPSA) is 46.6 Å². The summed E-state index contributed by atoms with van der Waals surface area (Å²) in [7, 11) is 0. The summed E-state index contributed by atoms with van der Waals surface area (Å²) in [6.45, 7) is 0.479. The van der Waals surface area contributed by atoms with Crippen LogP contribution in [0, 0.1) is 0 Å². The van der Waals surface area contributed by atoms with Gasteiger partial charge in [-0.25, -0.2) is 0 Å². The fourth-order valence-electron chi connectivity index (χ4n) is 1.35. The van der Waals surface area contributed by atoms with Crippen molar-refractivity contribution in [2.75, 3.05) is 6.61 Å². The van der Waals surface area contributed by atoms with Crippen molar-refractivity contribution < 1.29 is 14.3 Å². The molecule has 0 N–H and O–H groups in total. The number of amides is 1. The Labute approximate surface area is 69.8 Å². The maximum absolute atomic E-state index is 10.9. The Morgan fingerprint density at radius 3 is 3.25 bits per heavy atom. The molecule has 1 fully saturated rings. The lowest BCUT2D eigenvalue weighted by Crippen LogP contribution is -2.53. The Hall–Kier alpha value is -1.16. The Bertz CT molecular complexity index is 259. The minimum atomic E-state index is -0.0621. The smallest absolute Gasteiger partial charge is 0.233 e. The van der Waals surface area contributed by atoms with Crippen LogP contribution in [0.1, 0.15) is 12.8 Å². The summed E-state index contributed by atoms with van der Waals surface area (Å²) in [6, 6.07) is 0. The second kappa shape index (κ2) is 2.71. The number of nitrogens with zero attached hydrogens (tertiary/aromatic N) is 1. The summed E-state index contributed by atoms with van der Waals surface area (Å²) < 4.78 is 5.29. The molecule has 2 rings (SSSR count). The molecule has 0 aromatic heterocycles. The highest BCUT2D eigenvalue weighted by Crippen LogP contribution is 2.26. The second-order valence-electron chi connectivity index (χ2n) is 2.93. The van der Waals surface area contributed by atoms with Gasteiger partial charge in [-0.15, -0.1) is 0 Å². The number of hydrogen-bond donors (Lipinski definition) is 0. The summed E-state index contributed by atoms with van der Waals surface area (Å²) in [4.78, 5) is 22.6. The first kappa shape index (κ1) is 7.49. The van der Waals surface area contributed by atoms with Gasteiger partial charge < -0.3 is 9.53 Å². The third kappa shape index (κ3) is 1.04. The van der Waals surface area contributed by atoms with Gasteiger partial charge in [0.15, 0.2) is 0 Å². The van der Waals surface area contributed by atoms with Crippen molar-refractivity contribution in [2.45, 2.75) is 19.1 Å². The molecule has 12 heavy (non-hydrogen) atoms. The number of ether oxygens (including phenoxy) is 1. The van der Waals surface area contributed by atoms with Crippen LogP contribution in [0.15, 0.2) is 11.8 Å². The number of rotatable bonds is 2. The van der Waals surface area contributed by atoms with Gasteiger partial charge in [-0.3, -0.25) is 9.69 Å². The molecule has 2 aliphatic heterocycles. The van der Waals surface area contributed by atoms with E-state index in [1.54, 1.807) is 11.1 Å². The molecule has 0 spiro atoms. The molecule has 0 saturated carbocycles. The SMILES string of the molecule is O=CCC1=CN2C(=O)CC2OC1. The van der Waals surface area contributed by atoms with E-state index in [1.807, 2.05) is 0 Å². The van der Waals surface area contributed by atoms with Crippen molar-refractivity contribution in [3.05, 3.63) is 11.8 Å². The number of aldehydes is 1. The van der Waals surface area contributed by atoms with Gasteiger partial charge in [0.1, 0.15) is 12.5 Å². The molecule has 64 valence electrons. The third-order valence-electron chi connectivity index (χ3n) is 2.08. The predicted molar refractivity (Wildman–Crippen MR) is 40.0 cm³/mol. The third-order valence-corrected chi connectivity index (χ3v) is 2.08. The molecule has 1 atom stereocenters.